The zero-order valence-electron chi connectivity index (χ0n) is 6.09. The van der Waals surface area contributed by atoms with E-state index in [-0.39, 0.29) is 0 Å². The number of hydrogen-bond donors (Lipinski definition) is 1. The molecule has 1 aromatic heterocycles. The van der Waals surface area contributed by atoms with Crippen molar-refractivity contribution in [2.75, 3.05) is 0 Å². The van der Waals surface area contributed by atoms with Crippen molar-refractivity contribution in [2.24, 2.45) is 0 Å². The quantitative estimate of drug-likeness (QED) is 0.575. The van der Waals surface area contributed by atoms with Crippen LogP contribution in [0.1, 0.15) is 11.4 Å². The van der Waals surface area contributed by atoms with Gasteiger partial charge in [-0.3, -0.25) is 5.10 Å². The molecule has 0 amide bonds. The first-order chi connectivity index (χ1) is 6.14. The van der Waals surface area contributed by atoms with Crippen molar-refractivity contribution in [1.82, 2.24) is 10.2 Å². The lowest BCUT2D eigenvalue weighted by Gasteiger charge is -2.04. The minimum Gasteiger partial charge on any atom is -0.272 e. The summed E-state index contributed by atoms with van der Waals surface area (Å²) in [4.78, 5) is 0. The SMILES string of the molecule is FC(F)(F)c1n[nH]c(C(F)(F)F)c1I. The number of alkyl halides is 6. The second-order valence-electron chi connectivity index (χ2n) is 2.26. The van der Waals surface area contributed by atoms with Gasteiger partial charge in [0, 0.05) is 0 Å². The molecule has 14 heavy (non-hydrogen) atoms. The molecule has 80 valence electrons. The Morgan fingerprint density at radius 3 is 1.71 bits per heavy atom. The van der Waals surface area contributed by atoms with Gasteiger partial charge in [-0.2, -0.15) is 31.4 Å². The zero-order chi connectivity index (χ0) is 11.1. The molecular formula is C5HF6IN2. The number of halogens is 7. The van der Waals surface area contributed by atoms with Crippen LogP contribution in [0.3, 0.4) is 0 Å². The molecule has 1 aromatic rings. The third-order valence-electron chi connectivity index (χ3n) is 1.26. The molecule has 0 unspecified atom stereocenters. The first kappa shape index (κ1) is 11.6. The molecule has 0 saturated carbocycles. The molecule has 2 nitrogen and oxygen atoms in total. The minimum atomic E-state index is -4.88. The summed E-state index contributed by atoms with van der Waals surface area (Å²) in [6.45, 7) is 0. The van der Waals surface area contributed by atoms with Crippen LogP contribution < -0.4 is 0 Å². The standard InChI is InChI=1S/C5HF6IN2/c6-4(7,8)2-1(12)3(14-13-2)5(9,10)11/h(H,13,14). The van der Waals surface area contributed by atoms with E-state index >= 15 is 0 Å². The van der Waals surface area contributed by atoms with E-state index in [1.54, 1.807) is 0 Å². The van der Waals surface area contributed by atoms with Crippen molar-refractivity contribution >= 4 is 22.6 Å². The predicted molar refractivity (Wildman–Crippen MR) is 41.3 cm³/mol. The van der Waals surface area contributed by atoms with E-state index in [2.05, 4.69) is 5.10 Å². The number of aromatic nitrogens is 2. The number of hydrogen-bond acceptors (Lipinski definition) is 1. The van der Waals surface area contributed by atoms with Crippen molar-refractivity contribution in [3.05, 3.63) is 15.0 Å². The summed E-state index contributed by atoms with van der Waals surface area (Å²) in [5, 5.41) is 3.89. The fourth-order valence-electron chi connectivity index (χ4n) is 0.704. The van der Waals surface area contributed by atoms with Crippen LogP contribution in [0.2, 0.25) is 0 Å². The molecule has 0 spiro atoms. The topological polar surface area (TPSA) is 28.7 Å². The van der Waals surface area contributed by atoms with Gasteiger partial charge in [-0.25, -0.2) is 0 Å². The summed E-state index contributed by atoms with van der Waals surface area (Å²) < 4.78 is 71.0. The average Bonchev–Trinajstić information content (AvgIpc) is 2.26. The number of H-pyrrole nitrogens is 1. The fourth-order valence-corrected chi connectivity index (χ4v) is 1.56. The van der Waals surface area contributed by atoms with Crippen LogP contribution >= 0.6 is 22.6 Å². The van der Waals surface area contributed by atoms with Gasteiger partial charge in [0.2, 0.25) is 0 Å². The van der Waals surface area contributed by atoms with Gasteiger partial charge in [0.1, 0.15) is 0 Å². The number of nitrogens with one attached hydrogen (secondary N) is 1. The van der Waals surface area contributed by atoms with Gasteiger partial charge < -0.3 is 0 Å². The van der Waals surface area contributed by atoms with Crippen molar-refractivity contribution in [2.45, 2.75) is 12.4 Å². The molecular weight excluding hydrogens is 329 g/mol. The maximum absolute atomic E-state index is 12.0. The van der Waals surface area contributed by atoms with Crippen molar-refractivity contribution in [3.63, 3.8) is 0 Å². The third-order valence-corrected chi connectivity index (χ3v) is 2.31. The molecule has 0 aliphatic rings. The maximum atomic E-state index is 12.0. The minimum absolute atomic E-state index is 0.953. The van der Waals surface area contributed by atoms with Crippen LogP contribution in [0.15, 0.2) is 0 Å². The molecule has 1 heterocycles. The van der Waals surface area contributed by atoms with Crippen molar-refractivity contribution < 1.29 is 26.3 Å². The van der Waals surface area contributed by atoms with E-state index in [0.717, 1.165) is 22.6 Å². The summed E-state index contributed by atoms with van der Waals surface area (Å²) in [5.41, 5.74) is -3.03. The van der Waals surface area contributed by atoms with Gasteiger partial charge in [-0.05, 0) is 22.6 Å². The van der Waals surface area contributed by atoms with Gasteiger partial charge in [-0.1, -0.05) is 0 Å². The number of aromatic amines is 1. The molecule has 0 aliphatic carbocycles. The van der Waals surface area contributed by atoms with Crippen LogP contribution in [0.25, 0.3) is 0 Å². The Labute approximate surface area is 86.8 Å². The molecule has 0 fully saturated rings. The summed E-state index contributed by atoms with van der Waals surface area (Å²) in [5.74, 6) is 0. The first-order valence-electron chi connectivity index (χ1n) is 3.02. The highest BCUT2D eigenvalue weighted by Crippen LogP contribution is 2.38. The summed E-state index contributed by atoms with van der Waals surface area (Å²) in [7, 11) is 0. The van der Waals surface area contributed by atoms with Gasteiger partial charge in [0.05, 0.1) is 3.57 Å². The highest BCUT2D eigenvalue weighted by Gasteiger charge is 2.43. The summed E-state index contributed by atoms with van der Waals surface area (Å²) in [6, 6.07) is 0. The van der Waals surface area contributed by atoms with Gasteiger partial charge in [-0.15, -0.1) is 0 Å². The van der Waals surface area contributed by atoms with Crippen molar-refractivity contribution in [3.8, 4) is 0 Å². The van der Waals surface area contributed by atoms with Gasteiger partial charge in [0.25, 0.3) is 0 Å². The Bertz CT molecular complexity index is 305. The smallest absolute Gasteiger partial charge is 0.272 e. The molecule has 0 bridgehead atoms. The normalized spacial score (nSPS) is 13.4. The number of rotatable bonds is 0. The summed E-state index contributed by atoms with van der Waals surface area (Å²) in [6.07, 6.45) is -9.73. The first-order valence-corrected chi connectivity index (χ1v) is 4.10. The Morgan fingerprint density at radius 2 is 1.50 bits per heavy atom. The molecule has 0 aromatic carbocycles. The van der Waals surface area contributed by atoms with E-state index < -0.39 is 27.3 Å². The number of nitrogens with zero attached hydrogens (tertiary/aromatic N) is 1. The van der Waals surface area contributed by atoms with Crippen LogP contribution in [0.5, 0.6) is 0 Å². The molecule has 0 saturated heterocycles. The predicted octanol–water partition coefficient (Wildman–Crippen LogP) is 3.05. The molecule has 0 radical (unpaired) electrons. The van der Waals surface area contributed by atoms with Gasteiger partial charge in [0.15, 0.2) is 11.4 Å². The van der Waals surface area contributed by atoms with E-state index in [1.807, 2.05) is 0 Å². The third kappa shape index (κ3) is 2.12. The molecule has 0 atom stereocenters. The van der Waals surface area contributed by atoms with Crippen LogP contribution in [0.4, 0.5) is 26.3 Å². The molecule has 1 N–H and O–H groups in total. The Morgan fingerprint density at radius 1 is 1.00 bits per heavy atom. The van der Waals surface area contributed by atoms with E-state index in [1.165, 1.54) is 5.10 Å². The fraction of sp³-hybridized carbons (Fsp3) is 0.400. The second-order valence-corrected chi connectivity index (χ2v) is 3.34. The van der Waals surface area contributed by atoms with Crippen LogP contribution in [0, 0.1) is 3.57 Å². The van der Waals surface area contributed by atoms with Crippen LogP contribution in [-0.2, 0) is 12.4 Å². The second kappa shape index (κ2) is 3.28. The largest absolute Gasteiger partial charge is 0.436 e. The van der Waals surface area contributed by atoms with Crippen LogP contribution in [-0.4, -0.2) is 10.2 Å². The highest BCUT2D eigenvalue weighted by molar-refractivity contribution is 14.1. The average molecular weight is 330 g/mol. The Balaban J connectivity index is 3.23. The monoisotopic (exact) mass is 330 g/mol. The van der Waals surface area contributed by atoms with Crippen molar-refractivity contribution in [1.29, 1.82) is 0 Å². The molecule has 0 aliphatic heterocycles. The van der Waals surface area contributed by atoms with Gasteiger partial charge >= 0.3 is 12.4 Å². The Kier molecular flexibility index (Phi) is 2.71. The Hall–Kier alpha value is -0.480. The zero-order valence-corrected chi connectivity index (χ0v) is 8.25. The van der Waals surface area contributed by atoms with E-state index in [9.17, 15) is 26.3 Å². The van der Waals surface area contributed by atoms with E-state index in [0.29, 0.717) is 0 Å². The highest BCUT2D eigenvalue weighted by atomic mass is 127. The lowest BCUT2D eigenvalue weighted by Crippen LogP contribution is -2.10. The van der Waals surface area contributed by atoms with E-state index in [4.69, 9.17) is 0 Å². The lowest BCUT2D eigenvalue weighted by molar-refractivity contribution is -0.144. The molecule has 9 heteroatoms. The lowest BCUT2D eigenvalue weighted by atomic mass is 10.3. The molecule has 1 rings (SSSR count). The summed E-state index contributed by atoms with van der Waals surface area (Å²) >= 11 is 0.953. The maximum Gasteiger partial charge on any atom is 0.436 e.